The Morgan fingerprint density at radius 3 is 2.48 bits per heavy atom. The summed E-state index contributed by atoms with van der Waals surface area (Å²) in [4.78, 5) is 37.2. The van der Waals surface area contributed by atoms with Crippen molar-refractivity contribution in [2.24, 2.45) is 5.92 Å². The van der Waals surface area contributed by atoms with E-state index in [9.17, 15) is 14.4 Å². The summed E-state index contributed by atoms with van der Waals surface area (Å²) in [5.74, 6) is -0.141. The van der Waals surface area contributed by atoms with Crippen LogP contribution in [0.5, 0.6) is 11.5 Å². The second kappa shape index (κ2) is 11.1. The Labute approximate surface area is 170 Å². The van der Waals surface area contributed by atoms with Crippen LogP contribution in [0.2, 0.25) is 0 Å². The zero-order chi connectivity index (χ0) is 21.2. The largest absolute Gasteiger partial charge is 0.493 e. The predicted molar refractivity (Wildman–Crippen MR) is 105 cm³/mol. The van der Waals surface area contributed by atoms with Crippen molar-refractivity contribution >= 4 is 23.9 Å². The number of benzene rings is 1. The van der Waals surface area contributed by atoms with Gasteiger partial charge in [-0.05, 0) is 43.5 Å². The first-order valence-corrected chi connectivity index (χ1v) is 9.49. The van der Waals surface area contributed by atoms with Crippen molar-refractivity contribution in [1.82, 2.24) is 4.90 Å². The number of hydrogen-bond donors (Lipinski definition) is 0. The number of ether oxygens (including phenoxy) is 4. The standard InChI is InChI=1S/C21H27NO7/c1-4-28-17-7-5-15(13-18(17)26-2)6-8-20(24)29-14-19(23)22-11-9-16(10-12-22)21(25)27-3/h5-8,13,16H,4,9-12,14H2,1-3H3/b8-6+. The zero-order valence-corrected chi connectivity index (χ0v) is 17.0. The molecular weight excluding hydrogens is 378 g/mol. The number of amides is 1. The first-order chi connectivity index (χ1) is 14.0. The average molecular weight is 405 g/mol. The van der Waals surface area contributed by atoms with Crippen LogP contribution < -0.4 is 9.47 Å². The second-order valence-electron chi connectivity index (χ2n) is 6.46. The highest BCUT2D eigenvalue weighted by Crippen LogP contribution is 2.28. The lowest BCUT2D eigenvalue weighted by atomic mass is 9.97. The van der Waals surface area contributed by atoms with Crippen molar-refractivity contribution in [1.29, 1.82) is 0 Å². The lowest BCUT2D eigenvalue weighted by molar-refractivity contribution is -0.151. The van der Waals surface area contributed by atoms with Gasteiger partial charge in [0.05, 0.1) is 26.7 Å². The van der Waals surface area contributed by atoms with Gasteiger partial charge in [-0.25, -0.2) is 4.79 Å². The van der Waals surface area contributed by atoms with Gasteiger partial charge in [0.15, 0.2) is 18.1 Å². The molecule has 1 aromatic carbocycles. The number of esters is 2. The maximum Gasteiger partial charge on any atom is 0.331 e. The predicted octanol–water partition coefficient (Wildman–Crippen LogP) is 2.06. The number of rotatable bonds is 8. The van der Waals surface area contributed by atoms with Crippen LogP contribution in [0.25, 0.3) is 6.08 Å². The van der Waals surface area contributed by atoms with E-state index >= 15 is 0 Å². The van der Waals surface area contributed by atoms with Crippen molar-refractivity contribution in [3.05, 3.63) is 29.8 Å². The van der Waals surface area contributed by atoms with E-state index in [1.165, 1.54) is 13.2 Å². The van der Waals surface area contributed by atoms with Crippen molar-refractivity contribution < 1.29 is 33.3 Å². The maximum absolute atomic E-state index is 12.2. The third-order valence-corrected chi connectivity index (χ3v) is 4.62. The third kappa shape index (κ3) is 6.51. The van der Waals surface area contributed by atoms with E-state index in [1.807, 2.05) is 6.92 Å². The van der Waals surface area contributed by atoms with Crippen LogP contribution in [0, 0.1) is 5.92 Å². The summed E-state index contributed by atoms with van der Waals surface area (Å²) in [5, 5.41) is 0. The number of carbonyl (C=O) groups is 3. The molecule has 1 saturated heterocycles. The molecule has 0 N–H and O–H groups in total. The second-order valence-corrected chi connectivity index (χ2v) is 6.46. The molecule has 158 valence electrons. The Balaban J connectivity index is 1.81. The van der Waals surface area contributed by atoms with Crippen LogP contribution >= 0.6 is 0 Å². The Morgan fingerprint density at radius 2 is 1.86 bits per heavy atom. The molecule has 1 aromatic rings. The van der Waals surface area contributed by atoms with Gasteiger partial charge < -0.3 is 23.8 Å². The molecule has 1 fully saturated rings. The summed E-state index contributed by atoms with van der Waals surface area (Å²) in [6.45, 7) is 2.95. The molecule has 0 radical (unpaired) electrons. The monoisotopic (exact) mass is 405 g/mol. The van der Waals surface area contributed by atoms with Gasteiger partial charge in [0.25, 0.3) is 5.91 Å². The quantitative estimate of drug-likeness (QED) is 0.483. The minimum atomic E-state index is -0.615. The molecule has 0 aliphatic carbocycles. The van der Waals surface area contributed by atoms with E-state index in [1.54, 1.807) is 36.3 Å². The first kappa shape index (κ1) is 22.3. The highest BCUT2D eigenvalue weighted by molar-refractivity contribution is 5.89. The van der Waals surface area contributed by atoms with Crippen molar-refractivity contribution in [3.8, 4) is 11.5 Å². The fourth-order valence-electron chi connectivity index (χ4n) is 3.03. The van der Waals surface area contributed by atoms with Gasteiger partial charge in [0.1, 0.15) is 0 Å². The number of piperidine rings is 1. The van der Waals surface area contributed by atoms with E-state index in [-0.39, 0.29) is 24.4 Å². The van der Waals surface area contributed by atoms with Crippen LogP contribution in [0.4, 0.5) is 0 Å². The molecule has 0 spiro atoms. The fourth-order valence-corrected chi connectivity index (χ4v) is 3.03. The summed E-state index contributed by atoms with van der Waals surface area (Å²) in [6.07, 6.45) is 3.93. The van der Waals surface area contributed by atoms with Crippen molar-refractivity contribution in [3.63, 3.8) is 0 Å². The molecule has 1 aliphatic rings. The van der Waals surface area contributed by atoms with E-state index < -0.39 is 5.97 Å². The molecule has 0 unspecified atom stereocenters. The molecule has 29 heavy (non-hydrogen) atoms. The molecule has 0 atom stereocenters. The molecule has 0 saturated carbocycles. The lowest BCUT2D eigenvalue weighted by Gasteiger charge is -2.30. The van der Waals surface area contributed by atoms with Crippen LogP contribution in [0.1, 0.15) is 25.3 Å². The van der Waals surface area contributed by atoms with Gasteiger partial charge in [-0.3, -0.25) is 9.59 Å². The smallest absolute Gasteiger partial charge is 0.331 e. The molecule has 0 aromatic heterocycles. The van der Waals surface area contributed by atoms with Crippen LogP contribution in [-0.4, -0.2) is 63.3 Å². The minimum Gasteiger partial charge on any atom is -0.493 e. The normalized spacial score (nSPS) is 14.5. The molecule has 8 nitrogen and oxygen atoms in total. The van der Waals surface area contributed by atoms with E-state index in [0.29, 0.717) is 44.0 Å². The number of methoxy groups -OCH3 is 2. The van der Waals surface area contributed by atoms with Gasteiger partial charge >= 0.3 is 11.9 Å². The molecular formula is C21H27NO7. The van der Waals surface area contributed by atoms with E-state index in [2.05, 4.69) is 0 Å². The summed E-state index contributed by atoms with van der Waals surface area (Å²) in [7, 11) is 2.90. The number of hydrogen-bond acceptors (Lipinski definition) is 7. The highest BCUT2D eigenvalue weighted by atomic mass is 16.5. The highest BCUT2D eigenvalue weighted by Gasteiger charge is 2.28. The van der Waals surface area contributed by atoms with Crippen LogP contribution in [0.15, 0.2) is 24.3 Å². The molecule has 1 aliphatic heterocycles. The molecule has 1 heterocycles. The summed E-state index contributed by atoms with van der Waals surface area (Å²) < 4.78 is 20.5. The van der Waals surface area contributed by atoms with Gasteiger partial charge in [-0.15, -0.1) is 0 Å². The molecule has 0 bridgehead atoms. The number of nitrogens with zero attached hydrogens (tertiary/aromatic N) is 1. The Bertz CT molecular complexity index is 751. The van der Waals surface area contributed by atoms with Gasteiger partial charge in [-0.2, -0.15) is 0 Å². The van der Waals surface area contributed by atoms with Crippen LogP contribution in [-0.2, 0) is 23.9 Å². The topological polar surface area (TPSA) is 91.4 Å². The van der Waals surface area contributed by atoms with Crippen LogP contribution in [0.3, 0.4) is 0 Å². The average Bonchev–Trinajstić information content (AvgIpc) is 2.76. The minimum absolute atomic E-state index is 0.180. The Hall–Kier alpha value is -3.03. The molecule has 1 amide bonds. The third-order valence-electron chi connectivity index (χ3n) is 4.62. The summed E-state index contributed by atoms with van der Waals surface area (Å²) >= 11 is 0. The van der Waals surface area contributed by atoms with Crippen molar-refractivity contribution in [2.45, 2.75) is 19.8 Å². The fraction of sp³-hybridized carbons (Fsp3) is 0.476. The van der Waals surface area contributed by atoms with E-state index in [0.717, 1.165) is 5.56 Å². The zero-order valence-electron chi connectivity index (χ0n) is 17.0. The van der Waals surface area contributed by atoms with E-state index in [4.69, 9.17) is 18.9 Å². The lowest BCUT2D eigenvalue weighted by Crippen LogP contribution is -2.42. The van der Waals surface area contributed by atoms with Gasteiger partial charge in [-0.1, -0.05) is 6.07 Å². The first-order valence-electron chi connectivity index (χ1n) is 9.49. The summed E-state index contributed by atoms with van der Waals surface area (Å²) in [6, 6.07) is 5.29. The van der Waals surface area contributed by atoms with Gasteiger partial charge in [0, 0.05) is 19.2 Å². The summed E-state index contributed by atoms with van der Waals surface area (Å²) in [5.41, 5.74) is 0.735. The molecule has 8 heteroatoms. The maximum atomic E-state index is 12.2. The Kier molecular flexibility index (Phi) is 8.51. The number of likely N-dealkylation sites (tertiary alicyclic amines) is 1. The Morgan fingerprint density at radius 1 is 1.14 bits per heavy atom. The SMILES string of the molecule is CCOc1ccc(/C=C/C(=O)OCC(=O)N2CCC(C(=O)OC)CC2)cc1OC. The van der Waals surface area contributed by atoms with Crippen molar-refractivity contribution in [2.75, 3.05) is 40.5 Å². The van der Waals surface area contributed by atoms with Gasteiger partial charge in [0.2, 0.25) is 0 Å². The molecule has 2 rings (SSSR count). The number of carbonyl (C=O) groups excluding carboxylic acids is 3.